The van der Waals surface area contributed by atoms with E-state index in [0.717, 1.165) is 25.7 Å². The van der Waals surface area contributed by atoms with Gasteiger partial charge in [0.25, 0.3) is 0 Å². The summed E-state index contributed by atoms with van der Waals surface area (Å²) in [5.74, 6) is 0.342. The van der Waals surface area contributed by atoms with E-state index in [0.29, 0.717) is 23.0 Å². The molecule has 1 fully saturated rings. The Hall–Kier alpha value is -0.620. The van der Waals surface area contributed by atoms with Crippen LogP contribution in [0.3, 0.4) is 0 Å². The molecule has 1 saturated carbocycles. The van der Waals surface area contributed by atoms with Gasteiger partial charge in [-0.2, -0.15) is 0 Å². The molecule has 1 unspecified atom stereocenters. The Morgan fingerprint density at radius 1 is 1.40 bits per heavy atom. The van der Waals surface area contributed by atoms with Crippen molar-refractivity contribution in [2.24, 2.45) is 11.7 Å². The van der Waals surface area contributed by atoms with Crippen molar-refractivity contribution in [1.29, 1.82) is 0 Å². The molecule has 1 aliphatic carbocycles. The van der Waals surface area contributed by atoms with E-state index in [1.807, 2.05) is 0 Å². The molecule has 0 aromatic heterocycles. The van der Waals surface area contributed by atoms with Crippen LogP contribution in [0.15, 0.2) is 23.1 Å². The maximum atomic E-state index is 12.5. The second-order valence-electron chi connectivity index (χ2n) is 5.37. The van der Waals surface area contributed by atoms with Crippen LogP contribution < -0.4 is 10.5 Å². The topological polar surface area (TPSA) is 72.2 Å². The van der Waals surface area contributed by atoms with E-state index in [4.69, 9.17) is 17.3 Å². The second kappa shape index (κ2) is 6.43. The highest BCUT2D eigenvalue weighted by Gasteiger charge is 2.29. The van der Waals surface area contributed by atoms with Crippen molar-refractivity contribution in [3.63, 3.8) is 0 Å². The molecule has 0 radical (unpaired) electrons. The first-order valence-electron chi connectivity index (χ1n) is 6.93. The van der Waals surface area contributed by atoms with Crippen LogP contribution in [0.4, 0.5) is 0 Å². The van der Waals surface area contributed by atoms with Gasteiger partial charge in [-0.25, -0.2) is 13.1 Å². The molecule has 0 heterocycles. The zero-order valence-electron chi connectivity index (χ0n) is 11.6. The Bertz CT molecular complexity index is 569. The largest absolute Gasteiger partial charge is 0.329 e. The van der Waals surface area contributed by atoms with Crippen molar-refractivity contribution < 1.29 is 8.42 Å². The molecule has 4 nitrogen and oxygen atoms in total. The Balaban J connectivity index is 2.23. The van der Waals surface area contributed by atoms with Crippen molar-refractivity contribution in [2.45, 2.75) is 43.5 Å². The number of nitrogens with one attached hydrogen (secondary N) is 1. The standard InChI is InChI=1S/C14H21ClN2O2S/c1-10-12(15)7-4-8-14(10)20(18,19)17-13(9-16)11-5-2-3-6-11/h4,7-8,11,13,17H,2-3,5-6,9,16H2,1H3. The van der Waals surface area contributed by atoms with E-state index in [1.54, 1.807) is 25.1 Å². The fraction of sp³-hybridized carbons (Fsp3) is 0.571. The van der Waals surface area contributed by atoms with E-state index in [-0.39, 0.29) is 10.9 Å². The van der Waals surface area contributed by atoms with Gasteiger partial charge in [0.05, 0.1) is 4.90 Å². The fourth-order valence-corrected chi connectivity index (χ4v) is 4.65. The van der Waals surface area contributed by atoms with Gasteiger partial charge in [-0.1, -0.05) is 30.5 Å². The summed E-state index contributed by atoms with van der Waals surface area (Å²) < 4.78 is 27.8. The minimum atomic E-state index is -3.58. The van der Waals surface area contributed by atoms with Crippen molar-refractivity contribution in [2.75, 3.05) is 6.54 Å². The highest BCUT2D eigenvalue weighted by Crippen LogP contribution is 2.29. The smallest absolute Gasteiger partial charge is 0.241 e. The third kappa shape index (κ3) is 3.34. The molecular weight excluding hydrogens is 296 g/mol. The van der Waals surface area contributed by atoms with Gasteiger partial charge in [-0.3, -0.25) is 0 Å². The molecule has 0 amide bonds. The van der Waals surface area contributed by atoms with Gasteiger partial charge in [-0.15, -0.1) is 0 Å². The van der Waals surface area contributed by atoms with Crippen LogP contribution in [0.1, 0.15) is 31.2 Å². The van der Waals surface area contributed by atoms with Crippen molar-refractivity contribution in [1.82, 2.24) is 4.72 Å². The predicted molar refractivity (Wildman–Crippen MR) is 81.3 cm³/mol. The van der Waals surface area contributed by atoms with E-state index in [1.165, 1.54) is 0 Å². The predicted octanol–water partition coefficient (Wildman–Crippen LogP) is 2.44. The lowest BCUT2D eigenvalue weighted by molar-refractivity contribution is 0.405. The Labute approximate surface area is 125 Å². The van der Waals surface area contributed by atoms with Crippen LogP contribution in [0.2, 0.25) is 5.02 Å². The highest BCUT2D eigenvalue weighted by molar-refractivity contribution is 7.89. The van der Waals surface area contributed by atoms with E-state index >= 15 is 0 Å². The number of halogens is 1. The Morgan fingerprint density at radius 3 is 2.65 bits per heavy atom. The minimum Gasteiger partial charge on any atom is -0.329 e. The first kappa shape index (κ1) is 15.8. The summed E-state index contributed by atoms with van der Waals surface area (Å²) in [6, 6.07) is 4.72. The van der Waals surface area contributed by atoms with E-state index < -0.39 is 10.0 Å². The molecule has 112 valence electrons. The molecule has 0 spiro atoms. The maximum Gasteiger partial charge on any atom is 0.241 e. The molecule has 1 aromatic carbocycles. The molecular formula is C14H21ClN2O2S. The summed E-state index contributed by atoms with van der Waals surface area (Å²) in [7, 11) is -3.58. The third-order valence-corrected chi connectivity index (χ3v) is 6.08. The van der Waals surface area contributed by atoms with Gasteiger partial charge in [0.1, 0.15) is 0 Å². The zero-order valence-corrected chi connectivity index (χ0v) is 13.2. The van der Waals surface area contributed by atoms with Crippen molar-refractivity contribution in [3.05, 3.63) is 28.8 Å². The minimum absolute atomic E-state index is 0.194. The van der Waals surface area contributed by atoms with Crippen LogP contribution in [0, 0.1) is 12.8 Å². The lowest BCUT2D eigenvalue weighted by Gasteiger charge is -2.23. The maximum absolute atomic E-state index is 12.5. The quantitative estimate of drug-likeness (QED) is 0.876. The average molecular weight is 317 g/mol. The molecule has 0 aliphatic heterocycles. The van der Waals surface area contributed by atoms with Gasteiger partial charge >= 0.3 is 0 Å². The molecule has 2 rings (SSSR count). The summed E-state index contributed by atoms with van der Waals surface area (Å²) in [5, 5.41) is 0.457. The lowest BCUT2D eigenvalue weighted by Crippen LogP contribution is -2.44. The highest BCUT2D eigenvalue weighted by atomic mass is 35.5. The molecule has 1 atom stereocenters. The van der Waals surface area contributed by atoms with Gasteiger partial charge in [0.15, 0.2) is 0 Å². The van der Waals surface area contributed by atoms with Crippen molar-refractivity contribution in [3.8, 4) is 0 Å². The number of benzene rings is 1. The Morgan fingerprint density at radius 2 is 2.05 bits per heavy atom. The summed E-state index contributed by atoms with van der Waals surface area (Å²) in [5.41, 5.74) is 6.33. The van der Waals surface area contributed by atoms with Crippen LogP contribution in [-0.4, -0.2) is 21.0 Å². The average Bonchev–Trinajstić information content (AvgIpc) is 2.93. The number of hydrogen-bond donors (Lipinski definition) is 2. The van der Waals surface area contributed by atoms with Gasteiger partial charge < -0.3 is 5.73 Å². The lowest BCUT2D eigenvalue weighted by atomic mass is 9.99. The number of hydrogen-bond acceptors (Lipinski definition) is 3. The zero-order chi connectivity index (χ0) is 14.8. The molecule has 0 saturated heterocycles. The summed E-state index contributed by atoms with van der Waals surface area (Å²) in [6.07, 6.45) is 4.38. The van der Waals surface area contributed by atoms with Crippen LogP contribution in [0.25, 0.3) is 0 Å². The van der Waals surface area contributed by atoms with Gasteiger partial charge in [0, 0.05) is 17.6 Å². The summed E-state index contributed by atoms with van der Waals surface area (Å²) in [6.45, 7) is 2.04. The molecule has 1 aromatic rings. The molecule has 20 heavy (non-hydrogen) atoms. The third-order valence-electron chi connectivity index (χ3n) is 4.04. The number of nitrogens with two attached hydrogens (primary N) is 1. The second-order valence-corrected chi connectivity index (χ2v) is 7.46. The first-order valence-corrected chi connectivity index (χ1v) is 8.79. The van der Waals surface area contributed by atoms with E-state index in [9.17, 15) is 8.42 Å². The first-order chi connectivity index (χ1) is 9.45. The summed E-state index contributed by atoms with van der Waals surface area (Å²) in [4.78, 5) is 0.237. The molecule has 3 N–H and O–H groups in total. The summed E-state index contributed by atoms with van der Waals surface area (Å²) >= 11 is 6.00. The number of sulfonamides is 1. The van der Waals surface area contributed by atoms with Crippen LogP contribution >= 0.6 is 11.6 Å². The molecule has 1 aliphatic rings. The van der Waals surface area contributed by atoms with Gasteiger partial charge in [0.2, 0.25) is 10.0 Å². The normalized spacial score (nSPS) is 18.4. The van der Waals surface area contributed by atoms with Crippen LogP contribution in [-0.2, 0) is 10.0 Å². The number of rotatable bonds is 5. The SMILES string of the molecule is Cc1c(Cl)cccc1S(=O)(=O)NC(CN)C1CCCC1. The van der Waals surface area contributed by atoms with Crippen molar-refractivity contribution >= 4 is 21.6 Å². The Kier molecular flexibility index (Phi) is 5.07. The van der Waals surface area contributed by atoms with Gasteiger partial charge in [-0.05, 0) is 43.4 Å². The molecule has 0 bridgehead atoms. The monoisotopic (exact) mass is 316 g/mol. The fourth-order valence-electron chi connectivity index (χ4n) is 2.84. The van der Waals surface area contributed by atoms with E-state index in [2.05, 4.69) is 4.72 Å². The van der Waals surface area contributed by atoms with Crippen LogP contribution in [0.5, 0.6) is 0 Å². The molecule has 6 heteroatoms.